The summed E-state index contributed by atoms with van der Waals surface area (Å²) in [6.45, 7) is 0.500. The number of ether oxygens (including phenoxy) is 1. The number of hydrogen-bond acceptors (Lipinski definition) is 4. The van der Waals surface area contributed by atoms with E-state index >= 15 is 0 Å². The van der Waals surface area contributed by atoms with Crippen molar-refractivity contribution >= 4 is 5.91 Å². The molecule has 1 N–H and O–H groups in total. The topological polar surface area (TPSA) is 69.0 Å². The van der Waals surface area contributed by atoms with Crippen molar-refractivity contribution in [2.24, 2.45) is 0 Å². The summed E-state index contributed by atoms with van der Waals surface area (Å²) in [4.78, 5) is 21.1. The predicted molar refractivity (Wildman–Crippen MR) is 116 cm³/mol. The molecule has 6 nitrogen and oxygen atoms in total. The molecule has 0 aliphatic heterocycles. The first kappa shape index (κ1) is 19.4. The monoisotopic (exact) mass is 398 g/mol. The minimum atomic E-state index is -0.172. The number of amides is 1. The molecule has 150 valence electrons. The molecule has 2 aromatic heterocycles. The Balaban J connectivity index is 1.49. The Kier molecular flexibility index (Phi) is 5.85. The molecule has 0 unspecified atom stereocenters. The van der Waals surface area contributed by atoms with Gasteiger partial charge in [0.05, 0.1) is 19.6 Å². The minimum Gasteiger partial charge on any atom is -0.496 e. The van der Waals surface area contributed by atoms with Gasteiger partial charge in [0.15, 0.2) is 0 Å². The van der Waals surface area contributed by atoms with Gasteiger partial charge in [0.25, 0.3) is 5.91 Å². The zero-order chi connectivity index (χ0) is 20.8. The molecule has 0 saturated carbocycles. The highest BCUT2D eigenvalue weighted by molar-refractivity contribution is 5.93. The molecule has 0 aliphatic rings. The van der Waals surface area contributed by atoms with Crippen molar-refractivity contribution in [3.8, 4) is 22.6 Å². The van der Waals surface area contributed by atoms with Crippen molar-refractivity contribution in [2.45, 2.75) is 6.42 Å². The summed E-state index contributed by atoms with van der Waals surface area (Å²) in [7, 11) is 1.65. The van der Waals surface area contributed by atoms with Crippen molar-refractivity contribution in [3.63, 3.8) is 0 Å². The average molecular weight is 398 g/mol. The Morgan fingerprint density at radius 2 is 1.87 bits per heavy atom. The zero-order valence-corrected chi connectivity index (χ0v) is 16.7. The van der Waals surface area contributed by atoms with Gasteiger partial charge in [0.1, 0.15) is 11.4 Å². The van der Waals surface area contributed by atoms with Gasteiger partial charge in [-0.1, -0.05) is 36.4 Å². The average Bonchev–Trinajstić information content (AvgIpc) is 3.30. The van der Waals surface area contributed by atoms with Crippen molar-refractivity contribution in [2.75, 3.05) is 13.7 Å². The van der Waals surface area contributed by atoms with Gasteiger partial charge in [0.2, 0.25) is 0 Å². The Morgan fingerprint density at radius 1 is 1.00 bits per heavy atom. The molecular weight excluding hydrogens is 376 g/mol. The van der Waals surface area contributed by atoms with Gasteiger partial charge in [-0.2, -0.15) is 0 Å². The van der Waals surface area contributed by atoms with E-state index in [-0.39, 0.29) is 5.91 Å². The van der Waals surface area contributed by atoms with Gasteiger partial charge in [0, 0.05) is 30.2 Å². The molecule has 2 heterocycles. The number of benzene rings is 2. The number of carbonyl (C=O) groups excluding carboxylic acids is 1. The fourth-order valence-corrected chi connectivity index (χ4v) is 3.35. The summed E-state index contributed by atoms with van der Waals surface area (Å²) in [6, 6.07) is 19.7. The maximum atomic E-state index is 12.8. The van der Waals surface area contributed by atoms with Crippen LogP contribution in [0.15, 0.2) is 85.6 Å². The van der Waals surface area contributed by atoms with Crippen LogP contribution in [0.3, 0.4) is 0 Å². The number of pyridine rings is 1. The molecule has 0 aliphatic carbocycles. The van der Waals surface area contributed by atoms with E-state index in [1.165, 1.54) is 0 Å². The molecule has 6 heteroatoms. The SMILES string of the molecule is COc1ccccc1CCNC(=O)c1cncn1-c1cccc(-c2cccnc2)c1. The van der Waals surface area contributed by atoms with Crippen molar-refractivity contribution in [1.29, 1.82) is 0 Å². The Morgan fingerprint density at radius 3 is 2.70 bits per heavy atom. The number of imidazole rings is 1. The maximum absolute atomic E-state index is 12.8. The lowest BCUT2D eigenvalue weighted by Gasteiger charge is -2.11. The fourth-order valence-electron chi connectivity index (χ4n) is 3.35. The lowest BCUT2D eigenvalue weighted by molar-refractivity contribution is 0.0947. The number of methoxy groups -OCH3 is 1. The van der Waals surface area contributed by atoms with Gasteiger partial charge < -0.3 is 10.1 Å². The van der Waals surface area contributed by atoms with Crippen LogP contribution in [0.2, 0.25) is 0 Å². The van der Waals surface area contributed by atoms with E-state index in [0.717, 1.165) is 28.1 Å². The first-order valence-electron chi connectivity index (χ1n) is 9.69. The van der Waals surface area contributed by atoms with Crippen molar-refractivity contribution < 1.29 is 9.53 Å². The second kappa shape index (κ2) is 9.05. The molecule has 0 atom stereocenters. The number of hydrogen-bond donors (Lipinski definition) is 1. The van der Waals surface area contributed by atoms with E-state index < -0.39 is 0 Å². The second-order valence-corrected chi connectivity index (χ2v) is 6.76. The van der Waals surface area contributed by atoms with Crippen LogP contribution in [-0.4, -0.2) is 34.1 Å². The van der Waals surface area contributed by atoms with Crippen LogP contribution in [0, 0.1) is 0 Å². The normalized spacial score (nSPS) is 10.6. The van der Waals surface area contributed by atoms with Crippen LogP contribution < -0.4 is 10.1 Å². The summed E-state index contributed by atoms with van der Waals surface area (Å²) >= 11 is 0. The molecule has 0 spiro atoms. The summed E-state index contributed by atoms with van der Waals surface area (Å²) < 4.78 is 7.16. The highest BCUT2D eigenvalue weighted by Gasteiger charge is 2.13. The molecule has 30 heavy (non-hydrogen) atoms. The molecule has 2 aromatic carbocycles. The summed E-state index contributed by atoms with van der Waals surface area (Å²) in [5.41, 5.74) is 4.44. The van der Waals surface area contributed by atoms with Gasteiger partial charge in [-0.15, -0.1) is 0 Å². The Hall–Kier alpha value is -3.93. The van der Waals surface area contributed by atoms with E-state index in [1.54, 1.807) is 30.4 Å². The minimum absolute atomic E-state index is 0.172. The van der Waals surface area contributed by atoms with Crippen LogP contribution in [-0.2, 0) is 6.42 Å². The third-order valence-electron chi connectivity index (χ3n) is 4.86. The third kappa shape index (κ3) is 4.22. The third-order valence-corrected chi connectivity index (χ3v) is 4.86. The zero-order valence-electron chi connectivity index (χ0n) is 16.7. The van der Waals surface area contributed by atoms with Gasteiger partial charge in [-0.25, -0.2) is 4.98 Å². The van der Waals surface area contributed by atoms with E-state index in [0.29, 0.717) is 18.7 Å². The smallest absolute Gasteiger partial charge is 0.269 e. The Labute approximate surface area is 175 Å². The lowest BCUT2D eigenvalue weighted by atomic mass is 10.1. The van der Waals surface area contributed by atoms with Crippen molar-refractivity contribution in [1.82, 2.24) is 19.9 Å². The second-order valence-electron chi connectivity index (χ2n) is 6.76. The van der Waals surface area contributed by atoms with Crippen LogP contribution in [0.4, 0.5) is 0 Å². The molecule has 1 amide bonds. The molecule has 0 fully saturated rings. The molecule has 4 aromatic rings. The van der Waals surface area contributed by atoms with E-state index in [1.807, 2.05) is 66.9 Å². The number of rotatable bonds is 7. The highest BCUT2D eigenvalue weighted by atomic mass is 16.5. The number of nitrogens with zero attached hydrogens (tertiary/aromatic N) is 3. The van der Waals surface area contributed by atoms with E-state index in [9.17, 15) is 4.79 Å². The number of para-hydroxylation sites is 1. The first-order valence-corrected chi connectivity index (χ1v) is 9.69. The summed E-state index contributed by atoms with van der Waals surface area (Å²) in [5.74, 6) is 0.651. The molecule has 0 saturated heterocycles. The van der Waals surface area contributed by atoms with Crippen molar-refractivity contribution in [3.05, 3.63) is 96.8 Å². The molecule has 0 radical (unpaired) electrons. The Bertz CT molecular complexity index is 1140. The largest absolute Gasteiger partial charge is 0.496 e. The number of carbonyl (C=O) groups is 1. The van der Waals surface area contributed by atoms with Crippen LogP contribution in [0.1, 0.15) is 16.1 Å². The van der Waals surface area contributed by atoms with Gasteiger partial charge in [-0.05, 0) is 41.8 Å². The maximum Gasteiger partial charge on any atom is 0.269 e. The van der Waals surface area contributed by atoms with Gasteiger partial charge in [-0.3, -0.25) is 14.3 Å². The number of nitrogens with one attached hydrogen (secondary N) is 1. The predicted octanol–water partition coefficient (Wildman–Crippen LogP) is 3.92. The summed E-state index contributed by atoms with van der Waals surface area (Å²) in [6.07, 6.45) is 7.47. The summed E-state index contributed by atoms with van der Waals surface area (Å²) in [5, 5.41) is 2.98. The van der Waals surface area contributed by atoms with Crippen LogP contribution >= 0.6 is 0 Å². The van der Waals surface area contributed by atoms with Crippen LogP contribution in [0.25, 0.3) is 16.8 Å². The molecular formula is C24H22N4O2. The van der Waals surface area contributed by atoms with E-state index in [4.69, 9.17) is 4.74 Å². The molecule has 4 rings (SSSR count). The first-order chi connectivity index (χ1) is 14.8. The highest BCUT2D eigenvalue weighted by Crippen LogP contribution is 2.22. The van der Waals surface area contributed by atoms with Crippen LogP contribution in [0.5, 0.6) is 5.75 Å². The van der Waals surface area contributed by atoms with Gasteiger partial charge >= 0.3 is 0 Å². The fraction of sp³-hybridized carbons (Fsp3) is 0.125. The molecule has 0 bridgehead atoms. The van der Waals surface area contributed by atoms with E-state index in [2.05, 4.69) is 15.3 Å². The standard InChI is InChI=1S/C24H22N4O2/c1-30-23-10-3-2-6-18(23)11-13-27-24(29)22-16-26-17-28(22)21-9-4-7-19(14-21)20-8-5-12-25-15-20/h2-10,12,14-17H,11,13H2,1H3,(H,27,29). The quantitative estimate of drug-likeness (QED) is 0.512. The number of aromatic nitrogens is 3. The lowest BCUT2D eigenvalue weighted by Crippen LogP contribution is -2.27.